The number of benzene rings is 1. The molecule has 0 spiro atoms. The van der Waals surface area contributed by atoms with Crippen LogP contribution in [0.3, 0.4) is 0 Å². The third-order valence-corrected chi connectivity index (χ3v) is 6.68. The predicted molar refractivity (Wildman–Crippen MR) is 134 cm³/mol. The number of hydrogen-bond donors (Lipinski definition) is 0. The van der Waals surface area contributed by atoms with Gasteiger partial charge in [-0.25, -0.2) is 9.78 Å². The molecule has 10 heteroatoms. The Kier molecular flexibility index (Phi) is 8.66. The fourth-order valence-corrected chi connectivity index (χ4v) is 4.69. The zero-order valence-electron chi connectivity index (χ0n) is 20.0. The predicted octanol–water partition coefficient (Wildman–Crippen LogP) is 6.85. The highest BCUT2D eigenvalue weighted by Gasteiger charge is 2.36. The fourth-order valence-electron chi connectivity index (χ4n) is 4.24. The van der Waals surface area contributed by atoms with Crippen molar-refractivity contribution in [1.29, 1.82) is 0 Å². The number of ether oxygens (including phenoxy) is 2. The molecule has 1 aliphatic rings. The van der Waals surface area contributed by atoms with Crippen LogP contribution in [0.25, 0.3) is 0 Å². The quantitative estimate of drug-likeness (QED) is 0.267. The standard InChI is InChI=1S/C25H28F3IN2O4/c1-14(2)31(23(32)16-7-5-15(3)6-8-16)21-10-9-18(12-19(21)24(33)34-4)35-22-20(25(26,27)28)11-17(29)13-30-22/h9-16H,5-8H2,1-4H3/t15-,16-. The van der Waals surface area contributed by atoms with Gasteiger partial charge < -0.3 is 14.4 Å². The van der Waals surface area contributed by atoms with Crippen molar-refractivity contribution in [2.45, 2.75) is 58.7 Å². The normalized spacial score (nSPS) is 18.3. The lowest BCUT2D eigenvalue weighted by atomic mass is 9.82. The van der Waals surface area contributed by atoms with Crippen LogP contribution in [0.2, 0.25) is 0 Å². The number of alkyl halides is 3. The minimum atomic E-state index is -4.67. The molecule has 1 heterocycles. The average molecular weight is 604 g/mol. The van der Waals surface area contributed by atoms with Gasteiger partial charge in [0.25, 0.3) is 0 Å². The Balaban J connectivity index is 2.00. The summed E-state index contributed by atoms with van der Waals surface area (Å²) in [6.07, 6.45) is 0.0539. The van der Waals surface area contributed by atoms with Gasteiger partial charge in [0, 0.05) is 21.7 Å². The smallest absolute Gasteiger partial charge is 0.421 e. The van der Waals surface area contributed by atoms with Crippen LogP contribution in [-0.4, -0.2) is 30.0 Å². The number of esters is 1. The fraction of sp³-hybridized carbons (Fsp3) is 0.480. The minimum Gasteiger partial charge on any atom is -0.465 e. The molecule has 35 heavy (non-hydrogen) atoms. The largest absolute Gasteiger partial charge is 0.465 e. The van der Waals surface area contributed by atoms with Gasteiger partial charge >= 0.3 is 12.1 Å². The second-order valence-electron chi connectivity index (χ2n) is 9.04. The van der Waals surface area contributed by atoms with E-state index < -0.39 is 23.6 Å². The molecule has 6 nitrogen and oxygen atoms in total. The summed E-state index contributed by atoms with van der Waals surface area (Å²) in [5.41, 5.74) is -0.677. The van der Waals surface area contributed by atoms with E-state index in [4.69, 9.17) is 9.47 Å². The Bertz CT molecular complexity index is 1080. The summed E-state index contributed by atoms with van der Waals surface area (Å²) < 4.78 is 51.2. The van der Waals surface area contributed by atoms with Crippen LogP contribution in [0.5, 0.6) is 11.6 Å². The van der Waals surface area contributed by atoms with Crippen LogP contribution < -0.4 is 9.64 Å². The van der Waals surface area contributed by atoms with E-state index in [9.17, 15) is 22.8 Å². The number of pyridine rings is 1. The molecule has 1 aliphatic carbocycles. The van der Waals surface area contributed by atoms with Crippen LogP contribution in [0, 0.1) is 15.4 Å². The monoisotopic (exact) mass is 604 g/mol. The first-order chi connectivity index (χ1) is 16.4. The number of rotatable bonds is 6. The highest BCUT2D eigenvalue weighted by Crippen LogP contribution is 2.39. The van der Waals surface area contributed by atoms with Crippen LogP contribution >= 0.6 is 22.6 Å². The molecule has 0 aliphatic heterocycles. The first-order valence-electron chi connectivity index (χ1n) is 11.4. The molecule has 0 N–H and O–H groups in total. The van der Waals surface area contributed by atoms with Gasteiger partial charge in [-0.3, -0.25) is 4.79 Å². The van der Waals surface area contributed by atoms with E-state index in [0.29, 0.717) is 15.2 Å². The second-order valence-corrected chi connectivity index (χ2v) is 10.3. The van der Waals surface area contributed by atoms with Crippen molar-refractivity contribution in [3.8, 4) is 11.6 Å². The van der Waals surface area contributed by atoms with E-state index in [0.717, 1.165) is 31.7 Å². The molecule has 0 atom stereocenters. The Labute approximate surface area is 216 Å². The van der Waals surface area contributed by atoms with E-state index in [2.05, 4.69) is 11.9 Å². The summed E-state index contributed by atoms with van der Waals surface area (Å²) in [5.74, 6) is -1.05. The third-order valence-electron chi connectivity index (χ3n) is 6.09. The van der Waals surface area contributed by atoms with Crippen LogP contribution in [0.1, 0.15) is 62.4 Å². The molecule has 3 rings (SSSR count). The first kappa shape index (κ1) is 27.2. The summed E-state index contributed by atoms with van der Waals surface area (Å²) >= 11 is 1.74. The van der Waals surface area contributed by atoms with E-state index >= 15 is 0 Å². The Morgan fingerprint density at radius 3 is 2.37 bits per heavy atom. The summed E-state index contributed by atoms with van der Waals surface area (Å²) in [4.78, 5) is 31.5. The van der Waals surface area contributed by atoms with Crippen molar-refractivity contribution in [2.75, 3.05) is 12.0 Å². The Morgan fingerprint density at radius 2 is 1.80 bits per heavy atom. The van der Waals surface area contributed by atoms with Crippen molar-refractivity contribution >= 4 is 40.2 Å². The van der Waals surface area contributed by atoms with E-state index in [1.54, 1.807) is 27.5 Å². The van der Waals surface area contributed by atoms with Gasteiger partial charge in [-0.2, -0.15) is 13.2 Å². The third kappa shape index (κ3) is 6.45. The minimum absolute atomic E-state index is 0.0234. The Hall–Kier alpha value is -2.37. The molecule has 0 unspecified atom stereocenters. The van der Waals surface area contributed by atoms with E-state index in [-0.39, 0.29) is 29.2 Å². The number of carbonyl (C=O) groups is 2. The molecule has 0 radical (unpaired) electrons. The first-order valence-corrected chi connectivity index (χ1v) is 12.5. The van der Waals surface area contributed by atoms with Crippen molar-refractivity contribution in [1.82, 2.24) is 4.98 Å². The number of nitrogens with zero attached hydrogens (tertiary/aromatic N) is 2. The van der Waals surface area contributed by atoms with Gasteiger partial charge in [0.2, 0.25) is 11.8 Å². The van der Waals surface area contributed by atoms with Crippen LogP contribution in [0.4, 0.5) is 18.9 Å². The zero-order valence-corrected chi connectivity index (χ0v) is 22.1. The molecule has 2 aromatic rings. The molecule has 1 amide bonds. The van der Waals surface area contributed by atoms with Gasteiger partial charge in [0.15, 0.2) is 0 Å². The zero-order chi connectivity index (χ0) is 25.9. The summed E-state index contributed by atoms with van der Waals surface area (Å²) in [5, 5.41) is 0. The van der Waals surface area contributed by atoms with Gasteiger partial charge in [-0.15, -0.1) is 0 Å². The van der Waals surface area contributed by atoms with Gasteiger partial charge in [-0.05, 0) is 92.3 Å². The van der Waals surface area contributed by atoms with E-state index in [1.165, 1.54) is 31.5 Å². The highest BCUT2D eigenvalue weighted by atomic mass is 127. The van der Waals surface area contributed by atoms with Crippen molar-refractivity contribution < 1.29 is 32.2 Å². The summed E-state index contributed by atoms with van der Waals surface area (Å²) in [6.45, 7) is 5.86. The van der Waals surface area contributed by atoms with Gasteiger partial charge in [0.1, 0.15) is 11.3 Å². The molecular formula is C25H28F3IN2O4. The topological polar surface area (TPSA) is 68.7 Å². The molecule has 1 aromatic heterocycles. The molecule has 1 fully saturated rings. The lowest BCUT2D eigenvalue weighted by molar-refractivity contribution is -0.139. The average Bonchev–Trinajstić information content (AvgIpc) is 2.80. The molecular weight excluding hydrogens is 576 g/mol. The van der Waals surface area contributed by atoms with Crippen LogP contribution in [-0.2, 0) is 15.7 Å². The second kappa shape index (κ2) is 11.1. The number of hydrogen-bond acceptors (Lipinski definition) is 5. The number of methoxy groups -OCH3 is 1. The van der Waals surface area contributed by atoms with E-state index in [1.807, 2.05) is 13.8 Å². The van der Waals surface area contributed by atoms with Gasteiger partial charge in [0.05, 0.1) is 18.4 Å². The highest BCUT2D eigenvalue weighted by molar-refractivity contribution is 14.1. The van der Waals surface area contributed by atoms with Crippen molar-refractivity contribution in [3.63, 3.8) is 0 Å². The molecule has 0 saturated heterocycles. The molecule has 0 bridgehead atoms. The summed E-state index contributed by atoms with van der Waals surface area (Å²) in [7, 11) is 1.20. The molecule has 1 saturated carbocycles. The molecule has 190 valence electrons. The van der Waals surface area contributed by atoms with Crippen molar-refractivity contribution in [2.24, 2.45) is 11.8 Å². The lowest BCUT2D eigenvalue weighted by Gasteiger charge is -2.34. The number of carbonyl (C=O) groups excluding carboxylic acids is 2. The van der Waals surface area contributed by atoms with Crippen LogP contribution in [0.15, 0.2) is 30.5 Å². The SMILES string of the molecule is COC(=O)c1cc(Oc2ncc(I)cc2C(F)(F)F)ccc1N(C(=O)[C@H]1CC[C@H](C)CC1)C(C)C. The Morgan fingerprint density at radius 1 is 1.14 bits per heavy atom. The maximum absolute atomic E-state index is 13.5. The maximum atomic E-state index is 13.5. The lowest BCUT2D eigenvalue weighted by Crippen LogP contribution is -2.43. The number of halogens is 4. The van der Waals surface area contributed by atoms with Gasteiger partial charge in [-0.1, -0.05) is 6.92 Å². The molecule has 1 aromatic carbocycles. The summed E-state index contributed by atoms with van der Waals surface area (Å²) in [6, 6.07) is 4.89. The van der Waals surface area contributed by atoms with Crippen molar-refractivity contribution in [3.05, 3.63) is 45.2 Å². The number of amides is 1. The number of aromatic nitrogens is 1. The maximum Gasteiger partial charge on any atom is 0.421 e. The number of anilines is 1.